The van der Waals surface area contributed by atoms with E-state index in [1.54, 1.807) is 0 Å². The second kappa shape index (κ2) is 5.18. The topological polar surface area (TPSA) is 73.9 Å². The van der Waals surface area contributed by atoms with Gasteiger partial charge in [-0.3, -0.25) is 0 Å². The number of aromatic nitrogens is 3. The van der Waals surface area contributed by atoms with E-state index in [1.165, 1.54) is 12.7 Å². The molecular formula is C11H12N4O. The van der Waals surface area contributed by atoms with Crippen LogP contribution in [0.1, 0.15) is 0 Å². The van der Waals surface area contributed by atoms with Crippen molar-refractivity contribution in [1.82, 2.24) is 15.0 Å². The van der Waals surface area contributed by atoms with E-state index in [4.69, 9.17) is 10.5 Å². The van der Waals surface area contributed by atoms with Gasteiger partial charge >= 0.3 is 0 Å². The summed E-state index contributed by atoms with van der Waals surface area (Å²) >= 11 is 0. The van der Waals surface area contributed by atoms with E-state index in [-0.39, 0.29) is 0 Å². The molecule has 0 aliphatic rings. The molecule has 2 aromatic rings. The zero-order valence-corrected chi connectivity index (χ0v) is 8.71. The predicted molar refractivity (Wildman–Crippen MR) is 59.8 cm³/mol. The van der Waals surface area contributed by atoms with Gasteiger partial charge in [0.1, 0.15) is 25.0 Å². The summed E-state index contributed by atoms with van der Waals surface area (Å²) in [4.78, 5) is 11.9. The third-order valence-electron chi connectivity index (χ3n) is 1.99. The van der Waals surface area contributed by atoms with Gasteiger partial charge in [0, 0.05) is 12.1 Å². The lowest BCUT2D eigenvalue weighted by Crippen LogP contribution is -2.10. The lowest BCUT2D eigenvalue weighted by Gasteiger charge is -2.04. The van der Waals surface area contributed by atoms with E-state index in [2.05, 4.69) is 15.0 Å². The maximum absolute atomic E-state index is 5.37. The molecule has 0 spiro atoms. The van der Waals surface area contributed by atoms with Crippen LogP contribution in [0.4, 0.5) is 0 Å². The molecule has 5 nitrogen and oxygen atoms in total. The minimum absolute atomic E-state index is 0.509. The highest BCUT2D eigenvalue weighted by atomic mass is 16.5. The molecule has 2 N–H and O–H groups in total. The van der Waals surface area contributed by atoms with Crippen molar-refractivity contribution in [3.8, 4) is 17.1 Å². The molecule has 0 saturated heterocycles. The van der Waals surface area contributed by atoms with Crippen LogP contribution in [0, 0.1) is 0 Å². The van der Waals surface area contributed by atoms with Crippen LogP contribution in [0.5, 0.6) is 5.75 Å². The number of nitrogens with zero attached hydrogens (tertiary/aromatic N) is 3. The normalized spacial score (nSPS) is 10.1. The van der Waals surface area contributed by atoms with Crippen molar-refractivity contribution >= 4 is 0 Å². The molecule has 0 radical (unpaired) electrons. The van der Waals surface area contributed by atoms with Crippen LogP contribution in [-0.4, -0.2) is 28.1 Å². The molecule has 5 heteroatoms. The summed E-state index contributed by atoms with van der Waals surface area (Å²) in [7, 11) is 0. The number of benzene rings is 1. The molecule has 0 atom stereocenters. The molecule has 0 aliphatic carbocycles. The van der Waals surface area contributed by atoms with Crippen molar-refractivity contribution in [1.29, 1.82) is 0 Å². The Bertz CT molecular complexity index is 429. The average Bonchev–Trinajstić information content (AvgIpc) is 2.38. The fourth-order valence-corrected chi connectivity index (χ4v) is 1.27. The summed E-state index contributed by atoms with van der Waals surface area (Å²) in [6.07, 6.45) is 2.95. The number of ether oxygens (including phenoxy) is 1. The summed E-state index contributed by atoms with van der Waals surface area (Å²) < 4.78 is 5.37. The fourth-order valence-electron chi connectivity index (χ4n) is 1.27. The average molecular weight is 216 g/mol. The Labute approximate surface area is 93.3 Å². The Hall–Kier alpha value is -2.01. The first kappa shape index (κ1) is 10.5. The standard InChI is InChI=1S/C11H12N4O/c12-5-6-16-10-3-1-9(2-4-10)11-14-7-13-8-15-11/h1-4,7-8H,5-6,12H2. The Kier molecular flexibility index (Phi) is 3.40. The summed E-state index contributed by atoms with van der Waals surface area (Å²) in [5.41, 5.74) is 6.28. The Morgan fingerprint density at radius 1 is 1.06 bits per heavy atom. The van der Waals surface area contributed by atoms with E-state index >= 15 is 0 Å². The second-order valence-corrected chi connectivity index (χ2v) is 3.12. The molecule has 16 heavy (non-hydrogen) atoms. The molecule has 0 saturated carbocycles. The molecule has 0 aliphatic heterocycles. The van der Waals surface area contributed by atoms with Crippen LogP contribution in [0.25, 0.3) is 11.4 Å². The van der Waals surface area contributed by atoms with Gasteiger partial charge in [-0.2, -0.15) is 0 Å². The van der Waals surface area contributed by atoms with Crippen LogP contribution in [0.3, 0.4) is 0 Å². The van der Waals surface area contributed by atoms with Gasteiger partial charge in [-0.1, -0.05) is 0 Å². The molecule has 0 bridgehead atoms. The monoisotopic (exact) mass is 216 g/mol. The Morgan fingerprint density at radius 3 is 2.38 bits per heavy atom. The Morgan fingerprint density at radius 2 is 1.75 bits per heavy atom. The smallest absolute Gasteiger partial charge is 0.162 e. The zero-order valence-electron chi connectivity index (χ0n) is 8.71. The maximum atomic E-state index is 5.37. The molecule has 0 amide bonds. The summed E-state index contributed by atoms with van der Waals surface area (Å²) in [6, 6.07) is 7.55. The fraction of sp³-hybridized carbons (Fsp3) is 0.182. The SMILES string of the molecule is NCCOc1ccc(-c2ncncn2)cc1. The van der Waals surface area contributed by atoms with E-state index in [0.29, 0.717) is 19.0 Å². The van der Waals surface area contributed by atoms with E-state index in [9.17, 15) is 0 Å². The maximum Gasteiger partial charge on any atom is 0.162 e. The molecule has 1 heterocycles. The van der Waals surface area contributed by atoms with Gasteiger partial charge in [-0.15, -0.1) is 0 Å². The highest BCUT2D eigenvalue weighted by molar-refractivity contribution is 5.55. The third-order valence-corrected chi connectivity index (χ3v) is 1.99. The predicted octanol–water partition coefficient (Wildman–Crippen LogP) is 0.876. The lowest BCUT2D eigenvalue weighted by molar-refractivity contribution is 0.328. The number of rotatable bonds is 4. The molecule has 1 aromatic heterocycles. The Balaban J connectivity index is 2.13. The van der Waals surface area contributed by atoms with Crippen LogP contribution in [0.2, 0.25) is 0 Å². The number of nitrogens with two attached hydrogens (primary N) is 1. The number of hydrogen-bond acceptors (Lipinski definition) is 5. The molecule has 2 rings (SSSR count). The largest absolute Gasteiger partial charge is 0.492 e. The van der Waals surface area contributed by atoms with Gasteiger partial charge in [0.15, 0.2) is 5.82 Å². The van der Waals surface area contributed by atoms with Crippen molar-refractivity contribution < 1.29 is 4.74 Å². The summed E-state index contributed by atoms with van der Waals surface area (Å²) in [6.45, 7) is 1.03. The van der Waals surface area contributed by atoms with Crippen LogP contribution < -0.4 is 10.5 Å². The van der Waals surface area contributed by atoms with E-state index in [0.717, 1.165) is 11.3 Å². The minimum Gasteiger partial charge on any atom is -0.492 e. The first-order valence-electron chi connectivity index (χ1n) is 4.95. The van der Waals surface area contributed by atoms with Gasteiger partial charge in [0.25, 0.3) is 0 Å². The van der Waals surface area contributed by atoms with Crippen molar-refractivity contribution in [2.24, 2.45) is 5.73 Å². The third kappa shape index (κ3) is 2.52. The van der Waals surface area contributed by atoms with Gasteiger partial charge < -0.3 is 10.5 Å². The first-order valence-corrected chi connectivity index (χ1v) is 4.95. The minimum atomic E-state index is 0.509. The molecular weight excluding hydrogens is 204 g/mol. The van der Waals surface area contributed by atoms with E-state index < -0.39 is 0 Å². The second-order valence-electron chi connectivity index (χ2n) is 3.12. The van der Waals surface area contributed by atoms with E-state index in [1.807, 2.05) is 24.3 Å². The highest BCUT2D eigenvalue weighted by Gasteiger charge is 2.00. The lowest BCUT2D eigenvalue weighted by atomic mass is 10.2. The summed E-state index contributed by atoms with van der Waals surface area (Å²) in [5.74, 6) is 1.45. The number of hydrogen-bond donors (Lipinski definition) is 1. The highest BCUT2D eigenvalue weighted by Crippen LogP contribution is 2.18. The summed E-state index contributed by atoms with van der Waals surface area (Å²) in [5, 5.41) is 0. The van der Waals surface area contributed by atoms with Gasteiger partial charge in [-0.25, -0.2) is 15.0 Å². The van der Waals surface area contributed by atoms with Crippen molar-refractivity contribution in [2.75, 3.05) is 13.2 Å². The van der Waals surface area contributed by atoms with Crippen LogP contribution >= 0.6 is 0 Å². The quantitative estimate of drug-likeness (QED) is 0.821. The van der Waals surface area contributed by atoms with Gasteiger partial charge in [-0.05, 0) is 24.3 Å². The molecule has 1 aromatic carbocycles. The van der Waals surface area contributed by atoms with Crippen molar-refractivity contribution in [3.05, 3.63) is 36.9 Å². The zero-order chi connectivity index (χ0) is 11.2. The molecule has 82 valence electrons. The van der Waals surface area contributed by atoms with Crippen molar-refractivity contribution in [2.45, 2.75) is 0 Å². The van der Waals surface area contributed by atoms with Crippen LogP contribution in [0.15, 0.2) is 36.9 Å². The first-order chi connectivity index (χ1) is 7.90. The van der Waals surface area contributed by atoms with Gasteiger partial charge in [0.05, 0.1) is 0 Å². The molecule has 0 unspecified atom stereocenters. The van der Waals surface area contributed by atoms with Crippen LogP contribution in [-0.2, 0) is 0 Å². The van der Waals surface area contributed by atoms with Gasteiger partial charge in [0.2, 0.25) is 0 Å². The molecule has 0 fully saturated rings. The van der Waals surface area contributed by atoms with Crippen molar-refractivity contribution in [3.63, 3.8) is 0 Å².